The summed E-state index contributed by atoms with van der Waals surface area (Å²) in [7, 11) is 1.37. The molecule has 2 heterocycles. The molecule has 0 unspecified atom stereocenters. The first-order valence-corrected chi connectivity index (χ1v) is 11.7. The van der Waals surface area contributed by atoms with Crippen molar-refractivity contribution in [3.63, 3.8) is 0 Å². The van der Waals surface area contributed by atoms with E-state index in [2.05, 4.69) is 15.8 Å². The van der Waals surface area contributed by atoms with Crippen LogP contribution in [0.1, 0.15) is 29.0 Å². The molecule has 11 nitrogen and oxygen atoms in total. The third kappa shape index (κ3) is 4.61. The van der Waals surface area contributed by atoms with E-state index >= 15 is 4.39 Å². The Hall–Kier alpha value is -4.58. The molecule has 3 N–H and O–H groups in total. The van der Waals surface area contributed by atoms with Crippen LogP contribution in [-0.4, -0.2) is 45.4 Å². The van der Waals surface area contributed by atoms with E-state index in [0.717, 1.165) is 0 Å². The average molecular weight is 543 g/mol. The number of para-hydroxylation sites is 1. The molecule has 0 spiro atoms. The number of carbonyl (C=O) groups excluding carboxylic acids is 2. The van der Waals surface area contributed by atoms with Crippen LogP contribution >= 0.6 is 11.6 Å². The molecule has 1 aliphatic carbocycles. The van der Waals surface area contributed by atoms with Crippen molar-refractivity contribution < 1.29 is 37.9 Å². The number of aromatic nitrogens is 2. The van der Waals surface area contributed by atoms with Crippen LogP contribution in [-0.2, 0) is 11.3 Å². The molecular formula is C25H20ClFN4O7. The maximum atomic E-state index is 15.1. The molecule has 38 heavy (non-hydrogen) atoms. The lowest BCUT2D eigenvalue weighted by molar-refractivity contribution is -0.124. The summed E-state index contributed by atoms with van der Waals surface area (Å²) in [6.45, 7) is -0.148. The number of methoxy groups -OCH3 is 1. The van der Waals surface area contributed by atoms with Crippen LogP contribution in [0, 0.1) is 5.82 Å². The second-order valence-corrected chi connectivity index (χ2v) is 8.95. The Morgan fingerprint density at radius 3 is 2.63 bits per heavy atom. The minimum atomic E-state index is -1.57. The van der Waals surface area contributed by atoms with E-state index in [9.17, 15) is 14.4 Å². The Morgan fingerprint density at radius 1 is 1.21 bits per heavy atom. The number of ether oxygens (including phenoxy) is 2. The highest BCUT2D eigenvalue weighted by atomic mass is 35.5. The number of nitrogens with zero attached hydrogens (tertiary/aromatic N) is 2. The van der Waals surface area contributed by atoms with Gasteiger partial charge in [-0.05, 0) is 36.2 Å². The monoisotopic (exact) mass is 542 g/mol. The number of amides is 2. The first-order valence-electron chi connectivity index (χ1n) is 11.3. The fourth-order valence-corrected chi connectivity index (χ4v) is 4.33. The van der Waals surface area contributed by atoms with Crippen LogP contribution in [0.25, 0.3) is 16.6 Å². The van der Waals surface area contributed by atoms with Gasteiger partial charge in [0.1, 0.15) is 16.4 Å². The smallest absolute Gasteiger partial charge is 0.479 e. The summed E-state index contributed by atoms with van der Waals surface area (Å²) in [5, 5.41) is 18.6. The number of nitrogens with one attached hydrogen (secondary N) is 2. The van der Waals surface area contributed by atoms with Gasteiger partial charge >= 0.3 is 6.16 Å². The van der Waals surface area contributed by atoms with Crippen molar-refractivity contribution in [3.05, 3.63) is 70.7 Å². The molecule has 1 fully saturated rings. The first-order chi connectivity index (χ1) is 18.2. The van der Waals surface area contributed by atoms with Gasteiger partial charge in [-0.1, -0.05) is 35.9 Å². The third-order valence-electron chi connectivity index (χ3n) is 6.15. The molecule has 2 aromatic heterocycles. The Morgan fingerprint density at radius 2 is 1.97 bits per heavy atom. The van der Waals surface area contributed by atoms with E-state index in [1.54, 1.807) is 30.3 Å². The molecule has 0 bridgehead atoms. The molecular weight excluding hydrogens is 523 g/mol. The zero-order valence-corrected chi connectivity index (χ0v) is 20.5. The van der Waals surface area contributed by atoms with Crippen LogP contribution in [0.2, 0.25) is 5.02 Å². The fraction of sp³-hybridized carbons (Fsp3) is 0.200. The van der Waals surface area contributed by atoms with Gasteiger partial charge in [0.25, 0.3) is 11.8 Å². The number of benzene rings is 2. The summed E-state index contributed by atoms with van der Waals surface area (Å²) < 4.78 is 31.2. The average Bonchev–Trinajstić information content (AvgIpc) is 3.41. The van der Waals surface area contributed by atoms with Gasteiger partial charge in [0.2, 0.25) is 17.5 Å². The van der Waals surface area contributed by atoms with Gasteiger partial charge in [0.15, 0.2) is 0 Å². The maximum absolute atomic E-state index is 15.1. The van der Waals surface area contributed by atoms with Gasteiger partial charge in [-0.15, -0.1) is 0 Å². The van der Waals surface area contributed by atoms with Crippen LogP contribution in [0.4, 0.5) is 9.18 Å². The molecule has 0 atom stereocenters. The molecule has 0 radical (unpaired) electrons. The van der Waals surface area contributed by atoms with Gasteiger partial charge < -0.3 is 29.7 Å². The van der Waals surface area contributed by atoms with Crippen LogP contribution < -0.4 is 20.1 Å². The van der Waals surface area contributed by atoms with Crippen molar-refractivity contribution in [2.45, 2.75) is 24.9 Å². The number of carbonyl (C=O) groups is 3. The summed E-state index contributed by atoms with van der Waals surface area (Å²) in [5.41, 5.74) is -0.167. The predicted molar refractivity (Wildman–Crippen MR) is 131 cm³/mol. The van der Waals surface area contributed by atoms with Crippen molar-refractivity contribution >= 4 is 40.5 Å². The van der Waals surface area contributed by atoms with E-state index in [0.29, 0.717) is 23.7 Å². The number of halogens is 2. The minimum Gasteiger partial charge on any atom is -0.479 e. The van der Waals surface area contributed by atoms with Crippen LogP contribution in [0.15, 0.2) is 53.1 Å². The van der Waals surface area contributed by atoms with Crippen molar-refractivity contribution in [3.8, 4) is 17.4 Å². The zero-order valence-electron chi connectivity index (χ0n) is 19.8. The molecule has 13 heteroatoms. The minimum absolute atomic E-state index is 0.0697. The molecule has 1 aliphatic rings. The molecule has 2 aromatic carbocycles. The van der Waals surface area contributed by atoms with Gasteiger partial charge in [-0.25, -0.2) is 9.18 Å². The van der Waals surface area contributed by atoms with E-state index in [1.807, 2.05) is 0 Å². The van der Waals surface area contributed by atoms with E-state index < -0.39 is 29.3 Å². The number of carboxylic acid groups (broad SMARTS) is 1. The highest BCUT2D eigenvalue weighted by molar-refractivity contribution is 6.37. The molecule has 0 saturated heterocycles. The Kier molecular flexibility index (Phi) is 6.41. The molecule has 5 rings (SSSR count). The summed E-state index contributed by atoms with van der Waals surface area (Å²) >= 11 is 6.35. The Labute approximate surface area is 219 Å². The van der Waals surface area contributed by atoms with Gasteiger partial charge in [-0.2, -0.15) is 0 Å². The van der Waals surface area contributed by atoms with E-state index in [1.165, 1.54) is 29.9 Å². The highest BCUT2D eigenvalue weighted by Gasteiger charge is 2.51. The van der Waals surface area contributed by atoms with E-state index in [-0.39, 0.29) is 40.3 Å². The normalized spacial score (nSPS) is 13.7. The predicted octanol–water partition coefficient (Wildman–Crippen LogP) is 4.06. The largest absolute Gasteiger partial charge is 0.512 e. The third-order valence-corrected chi connectivity index (χ3v) is 6.51. The Balaban J connectivity index is 1.32. The Bertz CT molecular complexity index is 1580. The quantitative estimate of drug-likeness (QED) is 0.283. The summed E-state index contributed by atoms with van der Waals surface area (Å²) in [5.74, 6) is -1.90. The van der Waals surface area contributed by atoms with Crippen molar-refractivity contribution in [1.29, 1.82) is 0 Å². The van der Waals surface area contributed by atoms with Crippen molar-refractivity contribution in [2.24, 2.45) is 0 Å². The number of rotatable bonds is 8. The second kappa shape index (κ2) is 9.71. The fourth-order valence-electron chi connectivity index (χ4n) is 4.04. The SMILES string of the molecule is COc1cc(C(=O)NC2(C(=O)NCc3ccc(-n4c(OC(=O)O)c(Cl)c5ccccc54)cc3F)CC2)on1. The molecule has 196 valence electrons. The number of fused-ring (bicyclic) bond motifs is 1. The second-order valence-electron chi connectivity index (χ2n) is 8.57. The summed E-state index contributed by atoms with van der Waals surface area (Å²) in [6.07, 6.45) is -0.754. The number of hydrogen-bond donors (Lipinski definition) is 3. The first kappa shape index (κ1) is 25.1. The summed E-state index contributed by atoms with van der Waals surface area (Å²) in [4.78, 5) is 36.5. The van der Waals surface area contributed by atoms with Crippen molar-refractivity contribution in [1.82, 2.24) is 20.4 Å². The highest BCUT2D eigenvalue weighted by Crippen LogP contribution is 2.39. The molecule has 1 saturated carbocycles. The van der Waals surface area contributed by atoms with Gasteiger partial charge in [0, 0.05) is 17.5 Å². The number of hydrogen-bond acceptors (Lipinski definition) is 7. The van der Waals surface area contributed by atoms with Gasteiger partial charge in [0.05, 0.1) is 24.4 Å². The lowest BCUT2D eigenvalue weighted by Gasteiger charge is -2.17. The molecule has 4 aromatic rings. The summed E-state index contributed by atoms with van der Waals surface area (Å²) in [6, 6.07) is 12.3. The lowest BCUT2D eigenvalue weighted by atomic mass is 10.1. The van der Waals surface area contributed by atoms with Crippen molar-refractivity contribution in [2.75, 3.05) is 7.11 Å². The maximum Gasteiger partial charge on any atom is 0.512 e. The molecule has 2 amide bonds. The standard InChI is InChI=1S/C25H20ClFN4O7/c1-36-19-11-18(38-30-19)21(32)29-25(8-9-25)23(33)28-12-13-6-7-14(10-16(13)27)31-17-5-3-2-4-15(17)20(26)22(31)37-24(34)35/h2-7,10-11H,8-9,12H2,1H3,(H,28,33)(H,29,32)(H,34,35). The van der Waals surface area contributed by atoms with Gasteiger partial charge in [-0.3, -0.25) is 14.2 Å². The van der Waals surface area contributed by atoms with Crippen LogP contribution in [0.3, 0.4) is 0 Å². The van der Waals surface area contributed by atoms with E-state index in [4.69, 9.17) is 30.7 Å². The lowest BCUT2D eigenvalue weighted by Crippen LogP contribution is -2.48. The molecule has 0 aliphatic heterocycles. The topological polar surface area (TPSA) is 145 Å². The van der Waals surface area contributed by atoms with Crippen LogP contribution in [0.5, 0.6) is 11.8 Å². The zero-order chi connectivity index (χ0) is 27.0.